The van der Waals surface area contributed by atoms with Gasteiger partial charge in [-0.15, -0.1) is 0 Å². The topological polar surface area (TPSA) is 37.9 Å². The molecule has 0 aliphatic carbocycles. The molecule has 0 saturated carbocycles. The number of rotatable bonds is 4. The van der Waals surface area contributed by atoms with E-state index in [1.54, 1.807) is 0 Å². The average Bonchev–Trinajstić information content (AvgIpc) is 2.90. The number of hydrogen-bond donors (Lipinski definition) is 1. The van der Waals surface area contributed by atoms with Crippen molar-refractivity contribution in [2.45, 2.75) is 20.3 Å². The number of aromatic nitrogens is 2. The summed E-state index contributed by atoms with van der Waals surface area (Å²) in [5, 5.41) is 0. The number of H-pyrrole nitrogens is 1. The number of para-hydroxylation sites is 2. The van der Waals surface area contributed by atoms with Gasteiger partial charge >= 0.3 is 0 Å². The van der Waals surface area contributed by atoms with E-state index in [0.29, 0.717) is 0 Å². The zero-order valence-corrected chi connectivity index (χ0v) is 11.8. The fourth-order valence-electron chi connectivity index (χ4n) is 2.26. The summed E-state index contributed by atoms with van der Waals surface area (Å²) in [6, 6.07) is 14.3. The largest absolute Gasteiger partial charge is 0.493 e. The van der Waals surface area contributed by atoms with E-state index in [0.717, 1.165) is 46.8 Å². The van der Waals surface area contributed by atoms with E-state index in [4.69, 9.17) is 4.74 Å². The van der Waals surface area contributed by atoms with Gasteiger partial charge < -0.3 is 9.72 Å². The SMILES string of the molecule is CCCOc1ccc(-c2nc3ccccc3[nH]2)cc1C. The van der Waals surface area contributed by atoms with Crippen molar-refractivity contribution in [2.24, 2.45) is 0 Å². The first-order valence-electron chi connectivity index (χ1n) is 6.96. The summed E-state index contributed by atoms with van der Waals surface area (Å²) < 4.78 is 5.71. The summed E-state index contributed by atoms with van der Waals surface area (Å²) in [7, 11) is 0. The van der Waals surface area contributed by atoms with E-state index < -0.39 is 0 Å². The van der Waals surface area contributed by atoms with Crippen molar-refractivity contribution in [1.29, 1.82) is 0 Å². The molecule has 0 aliphatic heterocycles. The molecule has 2 aromatic carbocycles. The number of nitrogens with one attached hydrogen (secondary N) is 1. The number of imidazole rings is 1. The molecule has 102 valence electrons. The number of aromatic amines is 1. The van der Waals surface area contributed by atoms with Gasteiger partial charge in [0.1, 0.15) is 11.6 Å². The Morgan fingerprint density at radius 1 is 1.15 bits per heavy atom. The molecule has 0 atom stereocenters. The van der Waals surface area contributed by atoms with Crippen LogP contribution in [0.5, 0.6) is 5.75 Å². The summed E-state index contributed by atoms with van der Waals surface area (Å²) in [4.78, 5) is 7.97. The van der Waals surface area contributed by atoms with Crippen molar-refractivity contribution in [1.82, 2.24) is 9.97 Å². The zero-order chi connectivity index (χ0) is 13.9. The molecule has 3 rings (SSSR count). The van der Waals surface area contributed by atoms with Crippen molar-refractivity contribution in [2.75, 3.05) is 6.61 Å². The summed E-state index contributed by atoms with van der Waals surface area (Å²) in [5.74, 6) is 1.85. The Labute approximate surface area is 118 Å². The number of aryl methyl sites for hydroxylation is 1. The Kier molecular flexibility index (Phi) is 3.42. The average molecular weight is 266 g/mol. The van der Waals surface area contributed by atoms with Crippen LogP contribution >= 0.6 is 0 Å². The van der Waals surface area contributed by atoms with Crippen LogP contribution in [0, 0.1) is 6.92 Å². The standard InChI is InChI=1S/C17H18N2O/c1-3-10-20-16-9-8-13(11-12(16)2)17-18-14-6-4-5-7-15(14)19-17/h4-9,11H,3,10H2,1-2H3,(H,18,19). The highest BCUT2D eigenvalue weighted by atomic mass is 16.5. The highest BCUT2D eigenvalue weighted by Crippen LogP contribution is 2.26. The Morgan fingerprint density at radius 2 is 2.00 bits per heavy atom. The Bertz CT molecular complexity index is 698. The molecular weight excluding hydrogens is 248 g/mol. The predicted molar refractivity (Wildman–Crippen MR) is 82.1 cm³/mol. The van der Waals surface area contributed by atoms with Gasteiger partial charge in [0.05, 0.1) is 17.6 Å². The van der Waals surface area contributed by atoms with E-state index in [1.807, 2.05) is 30.3 Å². The van der Waals surface area contributed by atoms with Gasteiger partial charge in [0.25, 0.3) is 0 Å². The minimum absolute atomic E-state index is 0.755. The number of ether oxygens (including phenoxy) is 1. The van der Waals surface area contributed by atoms with Gasteiger partial charge in [-0.05, 0) is 49.2 Å². The summed E-state index contributed by atoms with van der Waals surface area (Å²) in [6.45, 7) is 4.93. The van der Waals surface area contributed by atoms with E-state index in [-0.39, 0.29) is 0 Å². The van der Waals surface area contributed by atoms with Crippen LogP contribution < -0.4 is 4.74 Å². The molecule has 3 heteroatoms. The monoisotopic (exact) mass is 266 g/mol. The molecular formula is C17H18N2O. The first kappa shape index (κ1) is 12.7. The van der Waals surface area contributed by atoms with Gasteiger partial charge in [-0.25, -0.2) is 4.98 Å². The third kappa shape index (κ3) is 2.39. The Hall–Kier alpha value is -2.29. The third-order valence-corrected chi connectivity index (χ3v) is 3.30. The van der Waals surface area contributed by atoms with Crippen molar-refractivity contribution < 1.29 is 4.74 Å². The molecule has 0 radical (unpaired) electrons. The van der Waals surface area contributed by atoms with Crippen LogP contribution in [0.3, 0.4) is 0 Å². The van der Waals surface area contributed by atoms with Crippen molar-refractivity contribution >= 4 is 11.0 Å². The van der Waals surface area contributed by atoms with Gasteiger partial charge in [0.2, 0.25) is 0 Å². The van der Waals surface area contributed by atoms with E-state index in [1.165, 1.54) is 0 Å². The maximum absolute atomic E-state index is 5.71. The summed E-state index contributed by atoms with van der Waals surface area (Å²) >= 11 is 0. The van der Waals surface area contributed by atoms with E-state index in [2.05, 4.69) is 35.9 Å². The Balaban J connectivity index is 1.95. The second kappa shape index (κ2) is 5.37. The molecule has 3 nitrogen and oxygen atoms in total. The lowest BCUT2D eigenvalue weighted by molar-refractivity contribution is 0.315. The molecule has 0 saturated heterocycles. The lowest BCUT2D eigenvalue weighted by Gasteiger charge is -2.08. The van der Waals surface area contributed by atoms with Crippen molar-refractivity contribution in [3.8, 4) is 17.1 Å². The van der Waals surface area contributed by atoms with E-state index in [9.17, 15) is 0 Å². The lowest BCUT2D eigenvalue weighted by Crippen LogP contribution is -1.97. The predicted octanol–water partition coefficient (Wildman–Crippen LogP) is 4.33. The van der Waals surface area contributed by atoms with Crippen LogP contribution in [0.1, 0.15) is 18.9 Å². The number of fused-ring (bicyclic) bond motifs is 1. The molecule has 0 spiro atoms. The number of benzene rings is 2. The molecule has 0 unspecified atom stereocenters. The quantitative estimate of drug-likeness (QED) is 0.763. The van der Waals surface area contributed by atoms with Crippen molar-refractivity contribution in [3.63, 3.8) is 0 Å². The van der Waals surface area contributed by atoms with Gasteiger partial charge in [0, 0.05) is 5.56 Å². The molecule has 1 aromatic heterocycles. The zero-order valence-electron chi connectivity index (χ0n) is 11.8. The van der Waals surface area contributed by atoms with Crippen LogP contribution in [0.2, 0.25) is 0 Å². The van der Waals surface area contributed by atoms with Crippen LogP contribution in [-0.4, -0.2) is 16.6 Å². The molecule has 1 heterocycles. The van der Waals surface area contributed by atoms with Gasteiger partial charge in [0.15, 0.2) is 0 Å². The van der Waals surface area contributed by atoms with Crippen LogP contribution in [-0.2, 0) is 0 Å². The maximum atomic E-state index is 5.71. The summed E-state index contributed by atoms with van der Waals surface area (Å²) in [5.41, 5.74) is 4.27. The fraction of sp³-hybridized carbons (Fsp3) is 0.235. The second-order valence-corrected chi connectivity index (χ2v) is 4.93. The Morgan fingerprint density at radius 3 is 2.75 bits per heavy atom. The molecule has 3 aromatic rings. The second-order valence-electron chi connectivity index (χ2n) is 4.93. The van der Waals surface area contributed by atoms with Gasteiger partial charge in [-0.1, -0.05) is 19.1 Å². The molecule has 20 heavy (non-hydrogen) atoms. The normalized spacial score (nSPS) is 10.9. The maximum Gasteiger partial charge on any atom is 0.138 e. The number of hydrogen-bond acceptors (Lipinski definition) is 2. The molecule has 0 fully saturated rings. The number of nitrogens with zero attached hydrogens (tertiary/aromatic N) is 1. The molecule has 1 N–H and O–H groups in total. The highest BCUT2D eigenvalue weighted by molar-refractivity contribution is 5.79. The van der Waals surface area contributed by atoms with Crippen LogP contribution in [0.4, 0.5) is 0 Å². The fourth-order valence-corrected chi connectivity index (χ4v) is 2.26. The third-order valence-electron chi connectivity index (χ3n) is 3.30. The molecule has 0 aliphatic rings. The highest BCUT2D eigenvalue weighted by Gasteiger charge is 2.07. The van der Waals surface area contributed by atoms with E-state index >= 15 is 0 Å². The first-order chi connectivity index (χ1) is 9.78. The summed E-state index contributed by atoms with van der Waals surface area (Å²) in [6.07, 6.45) is 1.02. The van der Waals surface area contributed by atoms with Crippen LogP contribution in [0.15, 0.2) is 42.5 Å². The molecule has 0 bridgehead atoms. The lowest BCUT2D eigenvalue weighted by atomic mass is 10.1. The smallest absolute Gasteiger partial charge is 0.138 e. The van der Waals surface area contributed by atoms with Gasteiger partial charge in [-0.3, -0.25) is 0 Å². The minimum atomic E-state index is 0.755. The first-order valence-corrected chi connectivity index (χ1v) is 6.96. The van der Waals surface area contributed by atoms with Gasteiger partial charge in [-0.2, -0.15) is 0 Å². The molecule has 0 amide bonds. The minimum Gasteiger partial charge on any atom is -0.493 e. The van der Waals surface area contributed by atoms with Crippen molar-refractivity contribution in [3.05, 3.63) is 48.0 Å². The van der Waals surface area contributed by atoms with Crippen LogP contribution in [0.25, 0.3) is 22.4 Å².